The molecule has 1 saturated heterocycles. The number of halogens is 3. The Hall–Kier alpha value is -3.57. The first-order valence-corrected chi connectivity index (χ1v) is 19.1. The highest BCUT2D eigenvalue weighted by Crippen LogP contribution is 2.60. The summed E-state index contributed by atoms with van der Waals surface area (Å²) in [5, 5.41) is 0. The second kappa shape index (κ2) is 13.3. The van der Waals surface area contributed by atoms with Crippen molar-refractivity contribution in [3.63, 3.8) is 0 Å². The number of amides is 1. The largest absolute Gasteiger partial charge is 0.494 e. The van der Waals surface area contributed by atoms with E-state index >= 15 is 0 Å². The number of carbonyl (C=O) groups excluding carboxylic acids is 1. The number of benzene rings is 3. The van der Waals surface area contributed by atoms with Crippen LogP contribution in [0.3, 0.4) is 0 Å². The highest BCUT2D eigenvalue weighted by atomic mass is 32.2. The van der Waals surface area contributed by atoms with Gasteiger partial charge in [-0.2, -0.15) is 13.2 Å². The van der Waals surface area contributed by atoms with Gasteiger partial charge in [0.1, 0.15) is 5.75 Å². The quantitative estimate of drug-likeness (QED) is 0.239. The highest BCUT2D eigenvalue weighted by Gasteiger charge is 2.52. The molecule has 4 saturated carbocycles. The van der Waals surface area contributed by atoms with Gasteiger partial charge < -0.3 is 9.64 Å². The van der Waals surface area contributed by atoms with E-state index < -0.39 is 27.7 Å². The fraction of sp³-hybridized carbons (Fsp3) is 0.500. The predicted octanol–water partition coefficient (Wildman–Crippen LogP) is 7.37. The summed E-state index contributed by atoms with van der Waals surface area (Å²) in [6, 6.07) is 18.3. The first-order chi connectivity index (χ1) is 23.4. The molecule has 11 heteroatoms. The van der Waals surface area contributed by atoms with Crippen LogP contribution in [0.25, 0.3) is 11.1 Å². The molecule has 5 fully saturated rings. The first kappa shape index (κ1) is 33.9. The van der Waals surface area contributed by atoms with E-state index in [-0.39, 0.29) is 11.2 Å². The lowest BCUT2D eigenvalue weighted by Gasteiger charge is -2.56. The molecule has 4 bridgehead atoms. The average Bonchev–Trinajstić information content (AvgIpc) is 3.03. The first-order valence-electron chi connectivity index (χ1n) is 17.4. The van der Waals surface area contributed by atoms with E-state index in [0.717, 1.165) is 24.9 Å². The predicted molar refractivity (Wildman–Crippen MR) is 184 cm³/mol. The molecular weight excluding hydrogens is 651 g/mol. The lowest BCUT2D eigenvalue weighted by Crippen LogP contribution is -2.51. The van der Waals surface area contributed by atoms with Gasteiger partial charge in [0.25, 0.3) is 5.91 Å². The van der Waals surface area contributed by atoms with Crippen LogP contribution in [0.15, 0.2) is 66.7 Å². The molecule has 4 aliphatic carbocycles. The second-order valence-corrected chi connectivity index (χ2v) is 16.5. The summed E-state index contributed by atoms with van der Waals surface area (Å²) in [4.78, 5) is 17.3. The van der Waals surface area contributed by atoms with Crippen LogP contribution in [0.5, 0.6) is 5.75 Å². The molecule has 0 unspecified atom stereocenters. The summed E-state index contributed by atoms with van der Waals surface area (Å²) in [7, 11) is -3.77. The van der Waals surface area contributed by atoms with Crippen molar-refractivity contribution in [2.45, 2.75) is 58.2 Å². The molecule has 262 valence electrons. The van der Waals surface area contributed by atoms with Crippen LogP contribution in [0, 0.1) is 23.2 Å². The van der Waals surface area contributed by atoms with Gasteiger partial charge in [0.2, 0.25) is 10.0 Å². The van der Waals surface area contributed by atoms with Crippen molar-refractivity contribution >= 4 is 21.6 Å². The van der Waals surface area contributed by atoms with E-state index in [1.807, 2.05) is 25.1 Å². The van der Waals surface area contributed by atoms with E-state index in [0.29, 0.717) is 85.1 Å². The number of alkyl halides is 3. The second-order valence-electron chi connectivity index (χ2n) is 14.8. The van der Waals surface area contributed by atoms with Gasteiger partial charge in [-0.3, -0.25) is 9.69 Å². The number of hydrogen-bond donors (Lipinski definition) is 1. The van der Waals surface area contributed by atoms with E-state index in [1.54, 1.807) is 36.4 Å². The van der Waals surface area contributed by atoms with Crippen LogP contribution in [-0.4, -0.2) is 57.8 Å². The summed E-state index contributed by atoms with van der Waals surface area (Å²) in [6.45, 7) is 5.33. The van der Waals surface area contributed by atoms with E-state index in [2.05, 4.69) is 14.5 Å². The number of sulfonamides is 1. The van der Waals surface area contributed by atoms with Crippen molar-refractivity contribution in [1.29, 1.82) is 0 Å². The molecule has 3 aromatic rings. The minimum atomic E-state index is -4.47. The number of piperazine rings is 1. The number of rotatable bonds is 10. The van der Waals surface area contributed by atoms with E-state index in [9.17, 15) is 26.4 Å². The Balaban J connectivity index is 0.954. The Morgan fingerprint density at radius 1 is 0.878 bits per heavy atom. The molecule has 1 N–H and O–H groups in total. The summed E-state index contributed by atoms with van der Waals surface area (Å²) >= 11 is 0. The molecule has 0 spiro atoms. The fourth-order valence-electron chi connectivity index (χ4n) is 9.40. The van der Waals surface area contributed by atoms with Crippen LogP contribution in [-0.2, 0) is 22.7 Å². The zero-order valence-corrected chi connectivity index (χ0v) is 28.7. The lowest BCUT2D eigenvalue weighted by atomic mass is 9.50. The minimum Gasteiger partial charge on any atom is -0.494 e. The Kier molecular flexibility index (Phi) is 9.19. The number of nitrogens with zero attached hydrogens (tertiary/aromatic N) is 2. The molecule has 1 amide bonds. The lowest BCUT2D eigenvalue weighted by molar-refractivity contribution is -0.137. The van der Waals surface area contributed by atoms with Gasteiger partial charge >= 0.3 is 6.18 Å². The molecule has 7 nitrogen and oxygen atoms in total. The monoisotopic (exact) mass is 695 g/mol. The molecule has 0 aromatic heterocycles. The van der Waals surface area contributed by atoms with Gasteiger partial charge in [-0.15, -0.1) is 0 Å². The highest BCUT2D eigenvalue weighted by molar-refractivity contribution is 7.90. The van der Waals surface area contributed by atoms with Gasteiger partial charge in [0.05, 0.1) is 17.9 Å². The maximum atomic E-state index is 13.9. The standard InChI is InChI=1S/C38H44F3N3O4S/c1-2-48-35-5-3-4-31(20-35)32-17-29(18-33(19-32)38(39,40)41)24-43-10-12-44(13-11-43)34-8-6-30(7-9-34)36(45)42-49(46,47)25-37-21-26-14-27(22-37)16-28(15-26)23-37/h3-9,17-20,26-28H,2,10-16,21-25H2,1H3,(H,42,45). The topological polar surface area (TPSA) is 79.0 Å². The van der Waals surface area contributed by atoms with Gasteiger partial charge in [0, 0.05) is 44.0 Å². The van der Waals surface area contributed by atoms with Gasteiger partial charge in [-0.25, -0.2) is 13.1 Å². The number of carbonyl (C=O) groups is 1. The number of anilines is 1. The Bertz CT molecular complexity index is 1750. The van der Waals surface area contributed by atoms with Crippen molar-refractivity contribution in [1.82, 2.24) is 9.62 Å². The van der Waals surface area contributed by atoms with Crippen LogP contribution < -0.4 is 14.4 Å². The summed E-state index contributed by atoms with van der Waals surface area (Å²) < 4.78 is 75.9. The van der Waals surface area contributed by atoms with Crippen LogP contribution >= 0.6 is 0 Å². The molecule has 49 heavy (non-hydrogen) atoms. The van der Waals surface area contributed by atoms with E-state index in [4.69, 9.17) is 4.74 Å². The minimum absolute atomic E-state index is 0.0283. The molecule has 1 aliphatic heterocycles. The van der Waals surface area contributed by atoms with Crippen molar-refractivity contribution in [3.05, 3.63) is 83.4 Å². The third kappa shape index (κ3) is 7.77. The summed E-state index contributed by atoms with van der Waals surface area (Å²) in [6.07, 6.45) is 2.10. The Labute approximate surface area is 286 Å². The molecule has 0 atom stereocenters. The van der Waals surface area contributed by atoms with Gasteiger partial charge in [0.15, 0.2) is 0 Å². The van der Waals surface area contributed by atoms with Crippen molar-refractivity contribution in [2.24, 2.45) is 23.2 Å². The number of ether oxygens (including phenoxy) is 1. The molecule has 0 radical (unpaired) electrons. The SMILES string of the molecule is CCOc1cccc(-c2cc(CN3CCN(c4ccc(C(=O)NS(=O)(=O)CC56CC7CC(CC(C7)C5)C6)cc4)CC3)cc(C(F)(F)F)c2)c1. The average molecular weight is 696 g/mol. The maximum Gasteiger partial charge on any atom is 0.416 e. The third-order valence-corrected chi connectivity index (χ3v) is 12.5. The number of hydrogen-bond acceptors (Lipinski definition) is 6. The molecule has 1 heterocycles. The third-order valence-electron chi connectivity index (χ3n) is 11.0. The molecule has 3 aromatic carbocycles. The fourth-order valence-corrected chi connectivity index (χ4v) is 11.0. The zero-order valence-electron chi connectivity index (χ0n) is 27.8. The van der Waals surface area contributed by atoms with Gasteiger partial charge in [-0.05, 0) is 140 Å². The molecular formula is C38H44F3N3O4S. The maximum absolute atomic E-state index is 13.9. The van der Waals surface area contributed by atoms with Crippen LogP contribution in [0.4, 0.5) is 18.9 Å². The molecule has 5 aliphatic rings. The zero-order chi connectivity index (χ0) is 34.4. The Morgan fingerprint density at radius 3 is 2.14 bits per heavy atom. The number of nitrogens with one attached hydrogen (secondary N) is 1. The molecule has 8 rings (SSSR count). The van der Waals surface area contributed by atoms with Gasteiger partial charge in [-0.1, -0.05) is 12.1 Å². The van der Waals surface area contributed by atoms with E-state index in [1.165, 1.54) is 31.4 Å². The Morgan fingerprint density at radius 2 is 1.53 bits per heavy atom. The summed E-state index contributed by atoms with van der Waals surface area (Å²) in [5.74, 6) is 1.94. The van der Waals surface area contributed by atoms with Crippen molar-refractivity contribution in [3.8, 4) is 16.9 Å². The van der Waals surface area contributed by atoms with Crippen LogP contribution in [0.1, 0.15) is 66.9 Å². The summed E-state index contributed by atoms with van der Waals surface area (Å²) in [5.41, 5.74) is 2.09. The smallest absolute Gasteiger partial charge is 0.416 e. The van der Waals surface area contributed by atoms with Crippen molar-refractivity contribution < 1.29 is 31.1 Å². The van der Waals surface area contributed by atoms with Crippen molar-refractivity contribution in [2.75, 3.05) is 43.4 Å². The normalized spacial score (nSPS) is 25.4. The van der Waals surface area contributed by atoms with Crippen LogP contribution in [0.2, 0.25) is 0 Å².